The Morgan fingerprint density at radius 1 is 1.23 bits per heavy atom. The van der Waals surface area contributed by atoms with Crippen LogP contribution >= 0.6 is 28.1 Å². The van der Waals surface area contributed by atoms with Gasteiger partial charge in [-0.05, 0) is 64.9 Å². The zero-order valence-corrected chi connectivity index (χ0v) is 14.5. The maximum absolute atomic E-state index is 12.2. The standard InChI is InChI=1S/C16H15BrN2O2S/c1-10-7-8-13(12(17)9-10)18-16(22)19-15(20)11-5-3-4-6-14(11)21-2/h3-9H,1-2H3,(H2,18,19,20,22). The molecule has 0 saturated heterocycles. The molecule has 2 aromatic carbocycles. The summed E-state index contributed by atoms with van der Waals surface area (Å²) in [7, 11) is 1.52. The van der Waals surface area contributed by atoms with E-state index >= 15 is 0 Å². The molecular formula is C16H15BrN2O2S. The molecule has 0 aliphatic heterocycles. The van der Waals surface area contributed by atoms with E-state index in [9.17, 15) is 4.79 Å². The zero-order valence-electron chi connectivity index (χ0n) is 12.1. The molecule has 1 amide bonds. The third-order valence-electron chi connectivity index (χ3n) is 2.95. The monoisotopic (exact) mass is 378 g/mol. The Morgan fingerprint density at radius 2 is 1.95 bits per heavy atom. The topological polar surface area (TPSA) is 50.4 Å². The fourth-order valence-corrected chi connectivity index (χ4v) is 2.67. The Hall–Kier alpha value is -1.92. The van der Waals surface area contributed by atoms with Gasteiger partial charge >= 0.3 is 0 Å². The van der Waals surface area contributed by atoms with Crippen LogP contribution in [0, 0.1) is 6.92 Å². The molecule has 6 heteroatoms. The average Bonchev–Trinajstić information content (AvgIpc) is 2.50. The van der Waals surface area contributed by atoms with Crippen LogP contribution in [0.5, 0.6) is 5.75 Å². The van der Waals surface area contributed by atoms with Crippen molar-refractivity contribution >= 4 is 44.9 Å². The van der Waals surface area contributed by atoms with Crippen LogP contribution in [-0.4, -0.2) is 18.1 Å². The maximum Gasteiger partial charge on any atom is 0.261 e. The highest BCUT2D eigenvalue weighted by Gasteiger charge is 2.13. The van der Waals surface area contributed by atoms with Gasteiger partial charge < -0.3 is 10.1 Å². The van der Waals surface area contributed by atoms with Crippen molar-refractivity contribution < 1.29 is 9.53 Å². The normalized spacial score (nSPS) is 9.95. The summed E-state index contributed by atoms with van der Waals surface area (Å²) < 4.78 is 6.04. The molecule has 0 aliphatic carbocycles. The van der Waals surface area contributed by atoms with Gasteiger partial charge in [-0.2, -0.15) is 0 Å². The Balaban J connectivity index is 2.07. The highest BCUT2D eigenvalue weighted by Crippen LogP contribution is 2.23. The van der Waals surface area contributed by atoms with E-state index < -0.39 is 0 Å². The van der Waals surface area contributed by atoms with Crippen LogP contribution in [0.15, 0.2) is 46.9 Å². The summed E-state index contributed by atoms with van der Waals surface area (Å²) in [5.74, 6) is 0.178. The van der Waals surface area contributed by atoms with Gasteiger partial charge in [0.25, 0.3) is 5.91 Å². The van der Waals surface area contributed by atoms with Gasteiger partial charge in [-0.3, -0.25) is 10.1 Å². The zero-order chi connectivity index (χ0) is 16.1. The minimum Gasteiger partial charge on any atom is -0.496 e. The number of nitrogens with one attached hydrogen (secondary N) is 2. The number of carbonyl (C=O) groups is 1. The fourth-order valence-electron chi connectivity index (χ4n) is 1.88. The predicted molar refractivity (Wildman–Crippen MR) is 95.6 cm³/mol. The molecule has 0 fully saturated rings. The van der Waals surface area contributed by atoms with E-state index in [2.05, 4.69) is 26.6 Å². The molecule has 0 heterocycles. The van der Waals surface area contributed by atoms with Gasteiger partial charge in [-0.15, -0.1) is 0 Å². The predicted octanol–water partition coefficient (Wildman–Crippen LogP) is 3.89. The van der Waals surface area contributed by atoms with Crippen molar-refractivity contribution in [3.8, 4) is 5.75 Å². The molecular weight excluding hydrogens is 364 g/mol. The lowest BCUT2D eigenvalue weighted by molar-refractivity contribution is 0.0975. The van der Waals surface area contributed by atoms with Crippen molar-refractivity contribution in [1.82, 2.24) is 5.32 Å². The number of hydrogen-bond acceptors (Lipinski definition) is 3. The van der Waals surface area contributed by atoms with E-state index in [4.69, 9.17) is 17.0 Å². The highest BCUT2D eigenvalue weighted by molar-refractivity contribution is 9.10. The number of benzene rings is 2. The molecule has 0 aromatic heterocycles. The number of aryl methyl sites for hydroxylation is 1. The van der Waals surface area contributed by atoms with Crippen LogP contribution in [0.1, 0.15) is 15.9 Å². The number of carbonyl (C=O) groups excluding carboxylic acids is 1. The summed E-state index contributed by atoms with van der Waals surface area (Å²) >= 11 is 8.63. The van der Waals surface area contributed by atoms with Crippen molar-refractivity contribution in [1.29, 1.82) is 0 Å². The van der Waals surface area contributed by atoms with Gasteiger partial charge in [0.05, 0.1) is 18.4 Å². The van der Waals surface area contributed by atoms with Crippen LogP contribution in [0.25, 0.3) is 0 Å². The van der Waals surface area contributed by atoms with Crippen LogP contribution in [0.3, 0.4) is 0 Å². The Labute approximate surface area is 143 Å². The second kappa shape index (κ2) is 7.38. The summed E-state index contributed by atoms with van der Waals surface area (Å²) in [6.07, 6.45) is 0. The summed E-state index contributed by atoms with van der Waals surface area (Å²) in [6.45, 7) is 2.00. The van der Waals surface area contributed by atoms with Crippen molar-refractivity contribution in [2.75, 3.05) is 12.4 Å². The molecule has 0 saturated carbocycles. The molecule has 0 unspecified atom stereocenters. The molecule has 114 valence electrons. The molecule has 4 nitrogen and oxygen atoms in total. The first-order chi connectivity index (χ1) is 10.5. The van der Waals surface area contributed by atoms with Crippen LogP contribution in [0.4, 0.5) is 5.69 Å². The number of ether oxygens (including phenoxy) is 1. The van der Waals surface area contributed by atoms with Gasteiger partial charge in [0.2, 0.25) is 0 Å². The van der Waals surface area contributed by atoms with Crippen molar-refractivity contribution in [3.05, 3.63) is 58.1 Å². The number of thiocarbonyl (C=S) groups is 1. The second-order valence-electron chi connectivity index (χ2n) is 4.59. The summed E-state index contributed by atoms with van der Waals surface area (Å²) in [5.41, 5.74) is 2.34. The van der Waals surface area contributed by atoms with E-state index in [-0.39, 0.29) is 11.0 Å². The first kappa shape index (κ1) is 16.5. The van der Waals surface area contributed by atoms with E-state index in [1.807, 2.05) is 25.1 Å². The molecule has 0 aliphatic rings. The first-order valence-electron chi connectivity index (χ1n) is 6.52. The number of para-hydroxylation sites is 1. The van der Waals surface area contributed by atoms with Crippen LogP contribution < -0.4 is 15.4 Å². The van der Waals surface area contributed by atoms with Crippen molar-refractivity contribution in [2.45, 2.75) is 6.92 Å². The lowest BCUT2D eigenvalue weighted by Gasteiger charge is -2.12. The molecule has 2 aromatic rings. The van der Waals surface area contributed by atoms with Crippen molar-refractivity contribution in [3.63, 3.8) is 0 Å². The Morgan fingerprint density at radius 3 is 2.64 bits per heavy atom. The van der Waals surface area contributed by atoms with E-state index in [0.29, 0.717) is 11.3 Å². The second-order valence-corrected chi connectivity index (χ2v) is 5.85. The molecule has 0 spiro atoms. The van der Waals surface area contributed by atoms with E-state index in [1.165, 1.54) is 7.11 Å². The minimum absolute atomic E-state index is 0.223. The molecule has 2 rings (SSSR count). The van der Waals surface area contributed by atoms with Gasteiger partial charge in [0.15, 0.2) is 5.11 Å². The SMILES string of the molecule is COc1ccccc1C(=O)NC(=S)Nc1ccc(C)cc1Br. The first-order valence-corrected chi connectivity index (χ1v) is 7.73. The number of rotatable bonds is 3. The lowest BCUT2D eigenvalue weighted by Crippen LogP contribution is -2.34. The third kappa shape index (κ3) is 4.05. The van der Waals surface area contributed by atoms with Crippen molar-refractivity contribution in [2.24, 2.45) is 0 Å². The van der Waals surface area contributed by atoms with Crippen LogP contribution in [0.2, 0.25) is 0 Å². The molecule has 22 heavy (non-hydrogen) atoms. The molecule has 0 radical (unpaired) electrons. The summed E-state index contributed by atoms with van der Waals surface area (Å²) in [4.78, 5) is 12.2. The van der Waals surface area contributed by atoms with E-state index in [1.54, 1.807) is 24.3 Å². The average molecular weight is 379 g/mol. The maximum atomic E-state index is 12.2. The summed E-state index contributed by atoms with van der Waals surface area (Å²) in [5, 5.41) is 5.85. The van der Waals surface area contributed by atoms with Gasteiger partial charge in [0.1, 0.15) is 5.75 Å². The number of methoxy groups -OCH3 is 1. The minimum atomic E-state index is -0.321. The third-order valence-corrected chi connectivity index (χ3v) is 3.81. The van der Waals surface area contributed by atoms with Crippen LogP contribution in [-0.2, 0) is 0 Å². The smallest absolute Gasteiger partial charge is 0.261 e. The number of hydrogen-bond donors (Lipinski definition) is 2. The van der Waals surface area contributed by atoms with E-state index in [0.717, 1.165) is 15.7 Å². The Bertz CT molecular complexity index is 719. The largest absolute Gasteiger partial charge is 0.496 e. The molecule has 0 bridgehead atoms. The molecule has 0 atom stereocenters. The van der Waals surface area contributed by atoms with Gasteiger partial charge in [0, 0.05) is 4.47 Å². The molecule has 2 N–H and O–H groups in total. The van der Waals surface area contributed by atoms with Gasteiger partial charge in [-0.25, -0.2) is 0 Å². The Kier molecular flexibility index (Phi) is 5.51. The quantitative estimate of drug-likeness (QED) is 0.795. The number of halogens is 1. The lowest BCUT2D eigenvalue weighted by atomic mass is 10.2. The number of amides is 1. The summed E-state index contributed by atoms with van der Waals surface area (Å²) in [6, 6.07) is 12.8. The number of anilines is 1. The fraction of sp³-hybridized carbons (Fsp3) is 0.125. The highest BCUT2D eigenvalue weighted by atomic mass is 79.9. The van der Waals surface area contributed by atoms with Gasteiger partial charge in [-0.1, -0.05) is 18.2 Å².